The maximum Gasteiger partial charge on any atom is 0.107 e. The summed E-state index contributed by atoms with van der Waals surface area (Å²) in [5, 5.41) is 0. The van der Waals surface area contributed by atoms with Crippen LogP contribution in [0.3, 0.4) is 0 Å². The van der Waals surface area contributed by atoms with E-state index in [0.29, 0.717) is 19.1 Å². The third-order valence-corrected chi connectivity index (χ3v) is 1.94. The van der Waals surface area contributed by atoms with Gasteiger partial charge in [0.2, 0.25) is 0 Å². The molecule has 0 saturated heterocycles. The first-order valence-corrected chi connectivity index (χ1v) is 4.55. The lowest BCUT2D eigenvalue weighted by atomic mass is 10.2. The molecule has 1 aromatic rings. The number of halogens is 1. The van der Waals surface area contributed by atoms with Gasteiger partial charge in [0.15, 0.2) is 0 Å². The fourth-order valence-electron chi connectivity index (χ4n) is 0.952. The molecular weight excluding hydrogens is 184 g/mol. The van der Waals surface area contributed by atoms with Crippen LogP contribution in [0.4, 0.5) is 0 Å². The topological polar surface area (TPSA) is 9.23 Å². The van der Waals surface area contributed by atoms with Gasteiger partial charge in [-0.2, -0.15) is 0 Å². The highest BCUT2D eigenvalue weighted by molar-refractivity contribution is 6.17. The zero-order valence-electron chi connectivity index (χ0n) is 7.29. The largest absolute Gasteiger partial charge is 0.364 e. The molecule has 13 heavy (non-hydrogen) atoms. The lowest BCUT2D eigenvalue weighted by molar-refractivity contribution is 0.153. The average Bonchev–Trinajstić information content (AvgIpc) is 2.19. The molecule has 0 aromatic heterocycles. The number of rotatable bonds is 4. The van der Waals surface area contributed by atoms with Crippen LogP contribution < -0.4 is 0 Å². The summed E-state index contributed by atoms with van der Waals surface area (Å²) < 4.78 is 5.17. The Morgan fingerprint density at radius 1 is 1.23 bits per heavy atom. The molecule has 0 atom stereocenters. The fourth-order valence-corrected chi connectivity index (χ4v) is 1.13. The van der Waals surface area contributed by atoms with Crippen molar-refractivity contribution in [2.45, 2.75) is 12.5 Å². The Balaban J connectivity index is 2.45. The quantitative estimate of drug-likeness (QED) is 0.407. The molecule has 0 aliphatic carbocycles. The van der Waals surface area contributed by atoms with Crippen LogP contribution in [0, 0.1) is 12.3 Å². The van der Waals surface area contributed by atoms with Gasteiger partial charge in [-0.3, -0.25) is 0 Å². The molecule has 0 radical (unpaired) electrons. The molecule has 0 bridgehead atoms. The molecule has 1 nitrogen and oxygen atoms in total. The van der Waals surface area contributed by atoms with Gasteiger partial charge in [0.05, 0.1) is 6.61 Å². The number of ether oxygens (including phenoxy) is 1. The van der Waals surface area contributed by atoms with Crippen molar-refractivity contribution in [3.63, 3.8) is 0 Å². The number of hydrogen-bond donors (Lipinski definition) is 0. The Kier molecular flexibility index (Phi) is 4.39. The molecular formula is C11H11ClO. The summed E-state index contributed by atoms with van der Waals surface area (Å²) in [4.78, 5) is 0. The van der Waals surface area contributed by atoms with Gasteiger partial charge in [-0.1, -0.05) is 30.2 Å². The van der Waals surface area contributed by atoms with Crippen LogP contribution in [0.15, 0.2) is 24.3 Å². The van der Waals surface area contributed by atoms with Gasteiger partial charge in [0.25, 0.3) is 0 Å². The molecule has 1 aromatic carbocycles. The molecule has 0 heterocycles. The monoisotopic (exact) mass is 194 g/mol. The van der Waals surface area contributed by atoms with Gasteiger partial charge >= 0.3 is 0 Å². The zero-order valence-corrected chi connectivity index (χ0v) is 8.05. The minimum absolute atomic E-state index is 0.358. The standard InChI is InChI=1S/C11H11ClO/c1-2-7-13-9-11-5-3-10(8-12)4-6-11/h1,3-6H,7-9H2. The van der Waals surface area contributed by atoms with E-state index in [2.05, 4.69) is 5.92 Å². The predicted molar refractivity (Wildman–Crippen MR) is 54.5 cm³/mol. The van der Waals surface area contributed by atoms with Crippen molar-refractivity contribution in [3.05, 3.63) is 35.4 Å². The second-order valence-corrected chi connectivity index (χ2v) is 2.91. The van der Waals surface area contributed by atoms with Crippen LogP contribution in [-0.4, -0.2) is 6.61 Å². The molecule has 0 N–H and O–H groups in total. The second kappa shape index (κ2) is 5.64. The van der Waals surface area contributed by atoms with Crippen molar-refractivity contribution < 1.29 is 4.74 Å². The van der Waals surface area contributed by atoms with Crippen molar-refractivity contribution >= 4 is 11.6 Å². The summed E-state index contributed by atoms with van der Waals surface area (Å²) in [6, 6.07) is 7.96. The van der Waals surface area contributed by atoms with Crippen LogP contribution >= 0.6 is 11.6 Å². The van der Waals surface area contributed by atoms with E-state index in [1.165, 1.54) is 0 Å². The van der Waals surface area contributed by atoms with E-state index in [1.54, 1.807) is 0 Å². The van der Waals surface area contributed by atoms with Crippen LogP contribution in [0.25, 0.3) is 0 Å². The van der Waals surface area contributed by atoms with Crippen molar-refractivity contribution in [1.82, 2.24) is 0 Å². The van der Waals surface area contributed by atoms with Crippen molar-refractivity contribution in [2.24, 2.45) is 0 Å². The predicted octanol–water partition coefficient (Wildman–Crippen LogP) is 2.58. The highest BCUT2D eigenvalue weighted by atomic mass is 35.5. The summed E-state index contributed by atoms with van der Waals surface area (Å²) >= 11 is 5.65. The van der Waals surface area contributed by atoms with E-state index in [0.717, 1.165) is 11.1 Å². The lowest BCUT2D eigenvalue weighted by Crippen LogP contribution is -1.92. The smallest absolute Gasteiger partial charge is 0.107 e. The molecule has 68 valence electrons. The SMILES string of the molecule is C#CCOCc1ccc(CCl)cc1. The summed E-state index contributed by atoms with van der Waals surface area (Å²) in [6.07, 6.45) is 5.05. The van der Waals surface area contributed by atoms with Gasteiger partial charge in [-0.05, 0) is 11.1 Å². The van der Waals surface area contributed by atoms with E-state index >= 15 is 0 Å². The normalized spacial score (nSPS) is 9.54. The van der Waals surface area contributed by atoms with E-state index in [-0.39, 0.29) is 0 Å². The Hall–Kier alpha value is -0.970. The first-order chi connectivity index (χ1) is 6.36. The number of benzene rings is 1. The van der Waals surface area contributed by atoms with Gasteiger partial charge < -0.3 is 4.74 Å². The number of hydrogen-bond acceptors (Lipinski definition) is 1. The second-order valence-electron chi connectivity index (χ2n) is 2.65. The Bertz CT molecular complexity index is 284. The fraction of sp³-hybridized carbons (Fsp3) is 0.273. The maximum atomic E-state index is 5.65. The number of alkyl halides is 1. The van der Waals surface area contributed by atoms with Crippen LogP contribution in [0.5, 0.6) is 0 Å². The number of terminal acetylenes is 1. The highest BCUT2D eigenvalue weighted by Crippen LogP contribution is 2.07. The molecule has 0 fully saturated rings. The minimum Gasteiger partial charge on any atom is -0.364 e. The Morgan fingerprint density at radius 2 is 1.85 bits per heavy atom. The average molecular weight is 195 g/mol. The minimum atomic E-state index is 0.358. The summed E-state index contributed by atoms with van der Waals surface area (Å²) in [7, 11) is 0. The Labute approximate surface area is 83.7 Å². The third kappa shape index (κ3) is 3.50. The maximum absolute atomic E-state index is 5.65. The molecule has 1 rings (SSSR count). The zero-order chi connectivity index (χ0) is 9.52. The molecule has 0 amide bonds. The summed E-state index contributed by atoms with van der Waals surface area (Å²) in [5.41, 5.74) is 2.23. The van der Waals surface area contributed by atoms with Gasteiger partial charge in [-0.15, -0.1) is 18.0 Å². The van der Waals surface area contributed by atoms with Gasteiger partial charge in [0.1, 0.15) is 6.61 Å². The Morgan fingerprint density at radius 3 is 2.38 bits per heavy atom. The van der Waals surface area contributed by atoms with Crippen molar-refractivity contribution in [1.29, 1.82) is 0 Å². The molecule has 0 unspecified atom stereocenters. The highest BCUT2D eigenvalue weighted by Gasteiger charge is 1.93. The van der Waals surface area contributed by atoms with Gasteiger partial charge in [0, 0.05) is 5.88 Å². The van der Waals surface area contributed by atoms with E-state index in [9.17, 15) is 0 Å². The van der Waals surface area contributed by atoms with Crippen LogP contribution in [0.2, 0.25) is 0 Å². The molecule has 0 aliphatic rings. The molecule has 0 aliphatic heterocycles. The van der Waals surface area contributed by atoms with Crippen molar-refractivity contribution in [2.75, 3.05) is 6.61 Å². The van der Waals surface area contributed by atoms with E-state index in [1.807, 2.05) is 24.3 Å². The summed E-state index contributed by atoms with van der Waals surface area (Å²) in [5.74, 6) is 2.96. The first kappa shape index (κ1) is 10.1. The van der Waals surface area contributed by atoms with Crippen LogP contribution in [-0.2, 0) is 17.2 Å². The third-order valence-electron chi connectivity index (χ3n) is 1.63. The summed E-state index contributed by atoms with van der Waals surface area (Å²) in [6.45, 7) is 0.921. The van der Waals surface area contributed by atoms with Crippen molar-refractivity contribution in [3.8, 4) is 12.3 Å². The first-order valence-electron chi connectivity index (χ1n) is 4.02. The van der Waals surface area contributed by atoms with E-state index < -0.39 is 0 Å². The molecule has 0 spiro atoms. The van der Waals surface area contributed by atoms with Gasteiger partial charge in [-0.25, -0.2) is 0 Å². The molecule has 0 saturated carbocycles. The van der Waals surface area contributed by atoms with Crippen LogP contribution in [0.1, 0.15) is 11.1 Å². The lowest BCUT2D eigenvalue weighted by Gasteiger charge is -2.01. The van der Waals surface area contributed by atoms with E-state index in [4.69, 9.17) is 22.8 Å². The molecule has 2 heteroatoms.